The zero-order chi connectivity index (χ0) is 15.1. The fourth-order valence-electron chi connectivity index (χ4n) is 3.28. The molecular formula is C20H33N. The number of benzene rings is 1. The van der Waals surface area contributed by atoms with E-state index >= 15 is 0 Å². The Balaban J connectivity index is 1.81. The van der Waals surface area contributed by atoms with Crippen LogP contribution in [0.25, 0.3) is 0 Å². The minimum Gasteiger partial charge on any atom is -0.317 e. The molecule has 0 fully saturated rings. The molecule has 21 heavy (non-hydrogen) atoms. The van der Waals surface area contributed by atoms with Crippen molar-refractivity contribution in [3.05, 3.63) is 34.9 Å². The summed E-state index contributed by atoms with van der Waals surface area (Å²) in [5, 5.41) is 3.53. The standard InChI is InChI=1S/C20H33N/c1-4-14-21-15-13-20(2,3)12-11-17-9-10-18-7-5-6-8-19(18)16-17/h9-10,16,21H,4-8,11-15H2,1-3H3. The van der Waals surface area contributed by atoms with Gasteiger partial charge in [0.05, 0.1) is 0 Å². The summed E-state index contributed by atoms with van der Waals surface area (Å²) in [4.78, 5) is 0. The van der Waals surface area contributed by atoms with Gasteiger partial charge in [-0.05, 0) is 86.6 Å². The minimum absolute atomic E-state index is 0.441. The van der Waals surface area contributed by atoms with Crippen molar-refractivity contribution in [2.75, 3.05) is 13.1 Å². The number of rotatable bonds is 8. The van der Waals surface area contributed by atoms with Crippen LogP contribution in [-0.4, -0.2) is 13.1 Å². The summed E-state index contributed by atoms with van der Waals surface area (Å²) < 4.78 is 0. The van der Waals surface area contributed by atoms with E-state index in [1.807, 2.05) is 0 Å². The Hall–Kier alpha value is -0.820. The lowest BCUT2D eigenvalue weighted by Gasteiger charge is -2.25. The van der Waals surface area contributed by atoms with Crippen molar-refractivity contribution in [1.82, 2.24) is 5.32 Å². The average molecular weight is 287 g/mol. The van der Waals surface area contributed by atoms with Gasteiger partial charge in [-0.3, -0.25) is 0 Å². The molecular weight excluding hydrogens is 254 g/mol. The summed E-state index contributed by atoms with van der Waals surface area (Å²) >= 11 is 0. The largest absolute Gasteiger partial charge is 0.317 e. The van der Waals surface area contributed by atoms with Crippen LogP contribution >= 0.6 is 0 Å². The van der Waals surface area contributed by atoms with Crippen molar-refractivity contribution < 1.29 is 0 Å². The molecule has 1 aliphatic rings. The quantitative estimate of drug-likeness (QED) is 0.670. The summed E-state index contributed by atoms with van der Waals surface area (Å²) in [7, 11) is 0. The molecule has 0 saturated heterocycles. The SMILES string of the molecule is CCCNCCC(C)(C)CCc1ccc2c(c1)CCCC2. The Morgan fingerprint density at radius 2 is 1.76 bits per heavy atom. The van der Waals surface area contributed by atoms with E-state index in [4.69, 9.17) is 0 Å². The molecule has 0 spiro atoms. The van der Waals surface area contributed by atoms with E-state index < -0.39 is 0 Å². The molecule has 0 heterocycles. The first-order valence-corrected chi connectivity index (χ1v) is 8.92. The minimum atomic E-state index is 0.441. The maximum absolute atomic E-state index is 3.53. The van der Waals surface area contributed by atoms with E-state index in [1.54, 1.807) is 16.7 Å². The molecule has 0 bridgehead atoms. The highest BCUT2D eigenvalue weighted by Crippen LogP contribution is 2.28. The molecule has 0 amide bonds. The Kier molecular flexibility index (Phi) is 6.29. The Morgan fingerprint density at radius 3 is 2.52 bits per heavy atom. The van der Waals surface area contributed by atoms with E-state index in [0.717, 1.165) is 13.1 Å². The Labute approximate surface area is 131 Å². The summed E-state index contributed by atoms with van der Waals surface area (Å²) in [5.41, 5.74) is 5.22. The number of nitrogens with one attached hydrogen (secondary N) is 1. The fraction of sp³-hybridized carbons (Fsp3) is 0.700. The second-order valence-corrected chi connectivity index (χ2v) is 7.47. The predicted octanol–water partition coefficient (Wildman–Crippen LogP) is 4.91. The maximum atomic E-state index is 3.53. The monoisotopic (exact) mass is 287 g/mol. The van der Waals surface area contributed by atoms with Crippen LogP contribution in [0.2, 0.25) is 0 Å². The van der Waals surface area contributed by atoms with Crippen LogP contribution in [0.15, 0.2) is 18.2 Å². The van der Waals surface area contributed by atoms with Gasteiger partial charge in [-0.2, -0.15) is 0 Å². The molecule has 1 heteroatoms. The third-order valence-corrected chi connectivity index (χ3v) is 4.91. The van der Waals surface area contributed by atoms with Gasteiger partial charge < -0.3 is 5.32 Å². The first kappa shape index (κ1) is 16.5. The van der Waals surface area contributed by atoms with Gasteiger partial charge in [0.2, 0.25) is 0 Å². The van der Waals surface area contributed by atoms with Crippen molar-refractivity contribution in [3.63, 3.8) is 0 Å². The first-order valence-electron chi connectivity index (χ1n) is 8.92. The summed E-state index contributed by atoms with van der Waals surface area (Å²) in [6.45, 7) is 9.37. The zero-order valence-electron chi connectivity index (χ0n) is 14.3. The topological polar surface area (TPSA) is 12.0 Å². The molecule has 0 unspecified atom stereocenters. The molecule has 118 valence electrons. The lowest BCUT2D eigenvalue weighted by Crippen LogP contribution is -2.23. The Bertz CT molecular complexity index is 433. The van der Waals surface area contributed by atoms with Crippen molar-refractivity contribution >= 4 is 0 Å². The fourth-order valence-corrected chi connectivity index (χ4v) is 3.28. The van der Waals surface area contributed by atoms with Crippen LogP contribution in [0.5, 0.6) is 0 Å². The molecule has 0 aromatic heterocycles. The molecule has 0 radical (unpaired) electrons. The van der Waals surface area contributed by atoms with Gasteiger partial charge in [-0.1, -0.05) is 39.0 Å². The third-order valence-electron chi connectivity index (χ3n) is 4.91. The van der Waals surface area contributed by atoms with E-state index in [2.05, 4.69) is 44.3 Å². The highest BCUT2D eigenvalue weighted by molar-refractivity contribution is 5.33. The summed E-state index contributed by atoms with van der Waals surface area (Å²) in [5.74, 6) is 0. The zero-order valence-corrected chi connectivity index (χ0v) is 14.3. The molecule has 1 aromatic carbocycles. The number of hydrogen-bond donors (Lipinski definition) is 1. The van der Waals surface area contributed by atoms with Gasteiger partial charge in [0.15, 0.2) is 0 Å². The van der Waals surface area contributed by atoms with Crippen LogP contribution in [0.4, 0.5) is 0 Å². The van der Waals surface area contributed by atoms with Gasteiger partial charge in [0, 0.05) is 0 Å². The van der Waals surface area contributed by atoms with E-state index in [9.17, 15) is 0 Å². The average Bonchev–Trinajstić information content (AvgIpc) is 2.49. The predicted molar refractivity (Wildman–Crippen MR) is 93.0 cm³/mol. The number of fused-ring (bicyclic) bond motifs is 1. The molecule has 0 aliphatic heterocycles. The lowest BCUT2D eigenvalue weighted by atomic mass is 9.82. The van der Waals surface area contributed by atoms with Gasteiger partial charge in [-0.15, -0.1) is 0 Å². The molecule has 1 nitrogen and oxygen atoms in total. The van der Waals surface area contributed by atoms with E-state index in [1.165, 1.54) is 51.4 Å². The highest BCUT2D eigenvalue weighted by Gasteiger charge is 2.17. The van der Waals surface area contributed by atoms with Gasteiger partial charge >= 0.3 is 0 Å². The molecule has 2 rings (SSSR count). The van der Waals surface area contributed by atoms with Crippen molar-refractivity contribution in [2.24, 2.45) is 5.41 Å². The van der Waals surface area contributed by atoms with Gasteiger partial charge in [-0.25, -0.2) is 0 Å². The van der Waals surface area contributed by atoms with E-state index in [-0.39, 0.29) is 0 Å². The molecule has 1 N–H and O–H groups in total. The molecule has 1 aromatic rings. The summed E-state index contributed by atoms with van der Waals surface area (Å²) in [6, 6.07) is 7.25. The number of aryl methyl sites for hydroxylation is 3. The second-order valence-electron chi connectivity index (χ2n) is 7.47. The Morgan fingerprint density at radius 1 is 1.00 bits per heavy atom. The van der Waals surface area contributed by atoms with Crippen LogP contribution in [0.3, 0.4) is 0 Å². The lowest BCUT2D eigenvalue weighted by molar-refractivity contribution is 0.302. The normalized spacial score (nSPS) is 15.0. The second kappa shape index (κ2) is 7.98. The van der Waals surface area contributed by atoms with Crippen LogP contribution in [0.1, 0.15) is 69.6 Å². The van der Waals surface area contributed by atoms with Gasteiger partial charge in [0.1, 0.15) is 0 Å². The van der Waals surface area contributed by atoms with Crippen LogP contribution < -0.4 is 5.32 Å². The van der Waals surface area contributed by atoms with Crippen LogP contribution in [-0.2, 0) is 19.3 Å². The maximum Gasteiger partial charge on any atom is -0.00438 e. The molecule has 0 atom stereocenters. The smallest absolute Gasteiger partial charge is 0.00438 e. The summed E-state index contributed by atoms with van der Waals surface area (Å²) in [6.07, 6.45) is 10.4. The van der Waals surface area contributed by atoms with Gasteiger partial charge in [0.25, 0.3) is 0 Å². The molecule has 0 saturated carbocycles. The van der Waals surface area contributed by atoms with E-state index in [0.29, 0.717) is 5.41 Å². The van der Waals surface area contributed by atoms with Crippen molar-refractivity contribution in [1.29, 1.82) is 0 Å². The first-order chi connectivity index (χ1) is 10.1. The highest BCUT2D eigenvalue weighted by atomic mass is 14.8. The van der Waals surface area contributed by atoms with Crippen molar-refractivity contribution in [3.8, 4) is 0 Å². The van der Waals surface area contributed by atoms with Crippen molar-refractivity contribution in [2.45, 2.75) is 72.1 Å². The number of hydrogen-bond acceptors (Lipinski definition) is 1. The molecule has 1 aliphatic carbocycles. The third kappa shape index (κ3) is 5.47. The van der Waals surface area contributed by atoms with Crippen LogP contribution in [0, 0.1) is 5.41 Å².